The standard InChI is InChI=1S/C14H26N2O5/c1-9(2)5-11(7-16(21)8-17)13(18)15-12(14(19)20)6-10(3)4/h8-12,21H,5-7H2,1-4H3,(H,15,18)(H,19,20)/t11?,12-/m0/s1. The zero-order valence-corrected chi connectivity index (χ0v) is 13.1. The SMILES string of the molecule is CC(C)CC(CN(O)C=O)C(=O)N[C@@H](CC(C)C)C(=O)O. The monoisotopic (exact) mass is 302 g/mol. The van der Waals surface area contributed by atoms with Crippen LogP contribution < -0.4 is 5.32 Å². The third-order valence-corrected chi connectivity index (χ3v) is 2.98. The summed E-state index contributed by atoms with van der Waals surface area (Å²) in [7, 11) is 0. The second-order valence-corrected chi connectivity index (χ2v) is 6.08. The maximum absolute atomic E-state index is 12.2. The van der Waals surface area contributed by atoms with Gasteiger partial charge < -0.3 is 10.4 Å². The Morgan fingerprint density at radius 3 is 2.05 bits per heavy atom. The number of carboxylic acids is 1. The Morgan fingerprint density at radius 1 is 1.14 bits per heavy atom. The first-order chi connectivity index (χ1) is 9.67. The van der Waals surface area contributed by atoms with Crippen molar-refractivity contribution in [1.82, 2.24) is 10.4 Å². The van der Waals surface area contributed by atoms with Crippen molar-refractivity contribution in [2.45, 2.75) is 46.6 Å². The molecule has 0 rings (SSSR count). The molecule has 0 saturated carbocycles. The van der Waals surface area contributed by atoms with Gasteiger partial charge in [0.2, 0.25) is 12.3 Å². The summed E-state index contributed by atoms with van der Waals surface area (Å²) in [5, 5.41) is 21.3. The van der Waals surface area contributed by atoms with E-state index >= 15 is 0 Å². The van der Waals surface area contributed by atoms with E-state index in [1.54, 1.807) is 0 Å². The van der Waals surface area contributed by atoms with Crippen LogP contribution in [-0.2, 0) is 14.4 Å². The van der Waals surface area contributed by atoms with Gasteiger partial charge in [-0.3, -0.25) is 14.8 Å². The quantitative estimate of drug-likeness (QED) is 0.318. The molecule has 0 spiro atoms. The normalized spacial score (nSPS) is 13.9. The summed E-state index contributed by atoms with van der Waals surface area (Å²) in [4.78, 5) is 33.8. The van der Waals surface area contributed by atoms with Crippen LogP contribution in [0.25, 0.3) is 0 Å². The third kappa shape index (κ3) is 8.29. The number of carbonyl (C=O) groups is 3. The fourth-order valence-electron chi connectivity index (χ4n) is 2.08. The van der Waals surface area contributed by atoms with E-state index in [0.29, 0.717) is 17.9 Å². The van der Waals surface area contributed by atoms with Crippen molar-refractivity contribution < 1.29 is 24.7 Å². The van der Waals surface area contributed by atoms with Crippen LogP contribution in [0.5, 0.6) is 0 Å². The van der Waals surface area contributed by atoms with Gasteiger partial charge >= 0.3 is 5.97 Å². The smallest absolute Gasteiger partial charge is 0.326 e. The van der Waals surface area contributed by atoms with E-state index in [1.165, 1.54) is 0 Å². The van der Waals surface area contributed by atoms with Crippen molar-refractivity contribution >= 4 is 18.3 Å². The Bertz CT molecular complexity index is 357. The average molecular weight is 302 g/mol. The molecule has 3 N–H and O–H groups in total. The van der Waals surface area contributed by atoms with Crippen LogP contribution in [0.4, 0.5) is 0 Å². The summed E-state index contributed by atoms with van der Waals surface area (Å²) in [6.45, 7) is 7.41. The highest BCUT2D eigenvalue weighted by Crippen LogP contribution is 2.14. The van der Waals surface area contributed by atoms with Gasteiger partial charge in [0.25, 0.3) is 0 Å². The maximum Gasteiger partial charge on any atom is 0.326 e. The van der Waals surface area contributed by atoms with Crippen molar-refractivity contribution in [3.8, 4) is 0 Å². The van der Waals surface area contributed by atoms with Crippen LogP contribution in [0.2, 0.25) is 0 Å². The molecule has 0 heterocycles. The van der Waals surface area contributed by atoms with Gasteiger partial charge in [-0.2, -0.15) is 0 Å². The van der Waals surface area contributed by atoms with E-state index < -0.39 is 23.8 Å². The number of amides is 2. The fraction of sp³-hybridized carbons (Fsp3) is 0.786. The Labute approximate surface area is 125 Å². The summed E-state index contributed by atoms with van der Waals surface area (Å²) < 4.78 is 0. The molecular formula is C14H26N2O5. The van der Waals surface area contributed by atoms with E-state index in [-0.39, 0.29) is 24.8 Å². The van der Waals surface area contributed by atoms with Gasteiger partial charge in [0, 0.05) is 0 Å². The summed E-state index contributed by atoms with van der Waals surface area (Å²) in [5.74, 6) is -1.89. The number of carboxylic acid groups (broad SMARTS) is 1. The number of rotatable bonds is 10. The number of nitrogens with one attached hydrogen (secondary N) is 1. The van der Waals surface area contributed by atoms with Crippen molar-refractivity contribution in [3.05, 3.63) is 0 Å². The van der Waals surface area contributed by atoms with Gasteiger partial charge in [0.05, 0.1) is 12.5 Å². The first-order valence-corrected chi connectivity index (χ1v) is 7.11. The van der Waals surface area contributed by atoms with Crippen molar-refractivity contribution in [3.63, 3.8) is 0 Å². The zero-order chi connectivity index (χ0) is 16.6. The Balaban J connectivity index is 4.83. The van der Waals surface area contributed by atoms with Gasteiger partial charge in [-0.25, -0.2) is 9.86 Å². The molecule has 0 aliphatic rings. The Kier molecular flexibility index (Phi) is 8.61. The van der Waals surface area contributed by atoms with Crippen molar-refractivity contribution in [2.24, 2.45) is 17.8 Å². The number of aliphatic carboxylic acids is 1. The first kappa shape index (κ1) is 19.4. The lowest BCUT2D eigenvalue weighted by molar-refractivity contribution is -0.155. The molecule has 0 aromatic carbocycles. The van der Waals surface area contributed by atoms with Gasteiger partial charge in [0.1, 0.15) is 6.04 Å². The Hall–Kier alpha value is -1.63. The first-order valence-electron chi connectivity index (χ1n) is 7.11. The summed E-state index contributed by atoms with van der Waals surface area (Å²) >= 11 is 0. The molecule has 0 radical (unpaired) electrons. The number of nitrogens with zero attached hydrogens (tertiary/aromatic N) is 1. The lowest BCUT2D eigenvalue weighted by Crippen LogP contribution is -2.46. The molecule has 7 nitrogen and oxygen atoms in total. The van der Waals surface area contributed by atoms with Gasteiger partial charge in [-0.15, -0.1) is 0 Å². The van der Waals surface area contributed by atoms with Crippen LogP contribution >= 0.6 is 0 Å². The third-order valence-electron chi connectivity index (χ3n) is 2.98. The lowest BCUT2D eigenvalue weighted by Gasteiger charge is -2.24. The summed E-state index contributed by atoms with van der Waals surface area (Å²) in [6.07, 6.45) is 1.00. The van der Waals surface area contributed by atoms with Crippen LogP contribution in [0.1, 0.15) is 40.5 Å². The van der Waals surface area contributed by atoms with Crippen LogP contribution in [0.3, 0.4) is 0 Å². The zero-order valence-electron chi connectivity index (χ0n) is 13.1. The minimum atomic E-state index is -1.09. The summed E-state index contributed by atoms with van der Waals surface area (Å²) in [6, 6.07) is -0.962. The highest BCUT2D eigenvalue weighted by atomic mass is 16.5. The minimum Gasteiger partial charge on any atom is -0.480 e. The molecule has 2 atom stereocenters. The molecule has 0 aliphatic carbocycles. The molecule has 0 aliphatic heterocycles. The van der Waals surface area contributed by atoms with E-state index in [9.17, 15) is 19.6 Å². The second-order valence-electron chi connectivity index (χ2n) is 6.08. The maximum atomic E-state index is 12.2. The second kappa shape index (κ2) is 9.33. The van der Waals surface area contributed by atoms with E-state index in [1.807, 2.05) is 27.7 Å². The molecule has 2 amide bonds. The lowest BCUT2D eigenvalue weighted by atomic mass is 9.95. The Morgan fingerprint density at radius 2 is 1.67 bits per heavy atom. The van der Waals surface area contributed by atoms with E-state index in [4.69, 9.17) is 5.11 Å². The number of hydrogen-bond donors (Lipinski definition) is 3. The molecule has 0 saturated heterocycles. The van der Waals surface area contributed by atoms with Crippen LogP contribution in [-0.4, -0.2) is 46.3 Å². The van der Waals surface area contributed by atoms with Crippen molar-refractivity contribution in [2.75, 3.05) is 6.54 Å². The molecule has 21 heavy (non-hydrogen) atoms. The van der Waals surface area contributed by atoms with Crippen molar-refractivity contribution in [1.29, 1.82) is 0 Å². The highest BCUT2D eigenvalue weighted by Gasteiger charge is 2.27. The van der Waals surface area contributed by atoms with Gasteiger partial charge in [0.15, 0.2) is 0 Å². The predicted octanol–water partition coefficient (Wildman–Crippen LogP) is 1.11. The van der Waals surface area contributed by atoms with Crippen LogP contribution in [0, 0.1) is 17.8 Å². The molecular weight excluding hydrogens is 276 g/mol. The molecule has 0 bridgehead atoms. The topological polar surface area (TPSA) is 107 Å². The molecule has 0 aromatic heterocycles. The fourth-order valence-corrected chi connectivity index (χ4v) is 2.08. The van der Waals surface area contributed by atoms with Gasteiger partial charge in [-0.05, 0) is 24.7 Å². The molecule has 1 unspecified atom stereocenters. The molecule has 0 fully saturated rings. The van der Waals surface area contributed by atoms with Crippen LogP contribution in [0.15, 0.2) is 0 Å². The number of hydrogen-bond acceptors (Lipinski definition) is 4. The summed E-state index contributed by atoms with van der Waals surface area (Å²) in [5.41, 5.74) is 0. The molecule has 122 valence electrons. The van der Waals surface area contributed by atoms with E-state index in [0.717, 1.165) is 0 Å². The minimum absolute atomic E-state index is 0.124. The average Bonchev–Trinajstić information content (AvgIpc) is 2.35. The highest BCUT2D eigenvalue weighted by molar-refractivity contribution is 5.85. The molecule has 7 heteroatoms. The number of carbonyl (C=O) groups excluding carboxylic acids is 2. The van der Waals surface area contributed by atoms with E-state index in [2.05, 4.69) is 5.32 Å². The van der Waals surface area contributed by atoms with Gasteiger partial charge in [-0.1, -0.05) is 27.7 Å². The molecule has 0 aromatic rings. The largest absolute Gasteiger partial charge is 0.480 e. The predicted molar refractivity (Wildman–Crippen MR) is 76.5 cm³/mol. The number of hydroxylamine groups is 2.